The summed E-state index contributed by atoms with van der Waals surface area (Å²) in [4.78, 5) is 23.7. The van der Waals surface area contributed by atoms with Crippen LogP contribution in [0, 0.1) is 11.2 Å². The van der Waals surface area contributed by atoms with Gasteiger partial charge in [-0.3, -0.25) is 4.79 Å². The summed E-state index contributed by atoms with van der Waals surface area (Å²) in [7, 11) is 1.39. The van der Waals surface area contributed by atoms with Gasteiger partial charge in [0.15, 0.2) is 0 Å². The quantitative estimate of drug-likeness (QED) is 0.376. The number of methoxy groups -OCH3 is 1. The predicted octanol–water partition coefficient (Wildman–Crippen LogP) is 5.80. The first-order valence-corrected chi connectivity index (χ1v) is 10.9. The zero-order valence-corrected chi connectivity index (χ0v) is 18.8. The maximum Gasteiger partial charge on any atom is 0.311 e. The molecular weight excluding hydrogens is 445 g/mol. The zero-order chi connectivity index (χ0) is 23.2. The normalized spacial score (nSPS) is 19.8. The summed E-state index contributed by atoms with van der Waals surface area (Å²) in [5, 5.41) is 0.575. The van der Waals surface area contributed by atoms with Crippen LogP contribution >= 0.6 is 11.6 Å². The number of ether oxygens (including phenoxy) is 2. The number of carbonyl (C=O) groups excluding carboxylic acids is 1. The van der Waals surface area contributed by atoms with Gasteiger partial charge in [-0.1, -0.05) is 17.7 Å². The standard InChI is InChI=1S/C25H21ClFN3O3/c1-25(24(31)32-2)11-17(12-25)33-22-8-4-15(13-28-22)14-3-6-18(19(27)9-14)23-29-20-7-5-16(26)10-21(20)30-23/h3-10,13,17H,11-12H2,1-2H3,(H,29,30)/t17-,25+. The first-order valence-electron chi connectivity index (χ1n) is 10.5. The second-order valence-electron chi connectivity index (χ2n) is 8.53. The van der Waals surface area contributed by atoms with Gasteiger partial charge in [0.1, 0.15) is 17.7 Å². The molecule has 1 saturated carbocycles. The van der Waals surface area contributed by atoms with E-state index < -0.39 is 11.2 Å². The number of imidazole rings is 1. The van der Waals surface area contributed by atoms with Crippen LogP contribution in [0.3, 0.4) is 0 Å². The first-order chi connectivity index (χ1) is 15.8. The monoisotopic (exact) mass is 465 g/mol. The number of rotatable bonds is 5. The third-order valence-corrected chi connectivity index (χ3v) is 6.30. The van der Waals surface area contributed by atoms with Crippen LogP contribution in [0.15, 0.2) is 54.7 Å². The molecule has 5 rings (SSSR count). The lowest BCUT2D eigenvalue weighted by molar-refractivity contribution is -0.163. The fourth-order valence-corrected chi connectivity index (χ4v) is 4.39. The molecule has 0 aliphatic heterocycles. The smallest absolute Gasteiger partial charge is 0.311 e. The molecule has 4 aromatic rings. The average molecular weight is 466 g/mol. The van der Waals surface area contributed by atoms with Crippen LogP contribution in [0.2, 0.25) is 5.02 Å². The van der Waals surface area contributed by atoms with Crippen LogP contribution in [-0.4, -0.2) is 34.1 Å². The summed E-state index contributed by atoms with van der Waals surface area (Å²) in [6.45, 7) is 1.87. The number of nitrogens with zero attached hydrogens (tertiary/aromatic N) is 2. The highest BCUT2D eigenvalue weighted by Gasteiger charge is 2.48. The molecule has 1 fully saturated rings. The summed E-state index contributed by atoms with van der Waals surface area (Å²) >= 11 is 6.01. The molecule has 0 amide bonds. The van der Waals surface area contributed by atoms with E-state index >= 15 is 0 Å². The number of fused-ring (bicyclic) bond motifs is 1. The third kappa shape index (κ3) is 4.04. The average Bonchev–Trinajstić information content (AvgIpc) is 3.20. The van der Waals surface area contributed by atoms with E-state index in [1.54, 1.807) is 30.5 Å². The predicted molar refractivity (Wildman–Crippen MR) is 124 cm³/mol. The van der Waals surface area contributed by atoms with Crippen molar-refractivity contribution in [2.24, 2.45) is 5.41 Å². The molecule has 2 heterocycles. The Hall–Kier alpha value is -3.45. The number of nitrogens with one attached hydrogen (secondary N) is 1. The van der Waals surface area contributed by atoms with Crippen LogP contribution in [-0.2, 0) is 9.53 Å². The van der Waals surface area contributed by atoms with E-state index in [1.165, 1.54) is 13.2 Å². The van der Waals surface area contributed by atoms with E-state index in [4.69, 9.17) is 21.1 Å². The number of H-pyrrole nitrogens is 1. The molecular formula is C25H21ClFN3O3. The number of esters is 1. The van der Waals surface area contributed by atoms with Crippen LogP contribution in [0.25, 0.3) is 33.5 Å². The van der Waals surface area contributed by atoms with Crippen molar-refractivity contribution in [2.45, 2.75) is 25.9 Å². The number of aromatic amines is 1. The molecule has 6 nitrogen and oxygen atoms in total. The minimum absolute atomic E-state index is 0.0807. The molecule has 0 unspecified atom stereocenters. The molecule has 8 heteroatoms. The Morgan fingerprint density at radius 3 is 2.64 bits per heavy atom. The number of benzene rings is 2. The van der Waals surface area contributed by atoms with E-state index in [1.807, 2.05) is 25.1 Å². The lowest BCUT2D eigenvalue weighted by Crippen LogP contribution is -2.47. The highest BCUT2D eigenvalue weighted by molar-refractivity contribution is 6.31. The molecule has 2 aromatic carbocycles. The van der Waals surface area contributed by atoms with Crippen molar-refractivity contribution in [1.29, 1.82) is 0 Å². The fourth-order valence-electron chi connectivity index (χ4n) is 4.23. The van der Waals surface area contributed by atoms with Crippen LogP contribution in [0.1, 0.15) is 19.8 Å². The summed E-state index contributed by atoms with van der Waals surface area (Å²) in [5.74, 6) is 0.295. The minimum Gasteiger partial charge on any atom is -0.474 e. The number of halogens is 2. The molecule has 1 N–H and O–H groups in total. The molecule has 0 saturated heterocycles. The Balaban J connectivity index is 1.30. The first kappa shape index (κ1) is 21.4. The van der Waals surface area contributed by atoms with Gasteiger partial charge >= 0.3 is 5.97 Å². The summed E-state index contributed by atoms with van der Waals surface area (Å²) in [6.07, 6.45) is 2.74. The van der Waals surface area contributed by atoms with E-state index in [9.17, 15) is 9.18 Å². The largest absolute Gasteiger partial charge is 0.474 e. The number of carbonyl (C=O) groups is 1. The molecule has 2 aromatic heterocycles. The maximum atomic E-state index is 14.9. The summed E-state index contributed by atoms with van der Waals surface area (Å²) in [5.41, 5.74) is 2.80. The van der Waals surface area contributed by atoms with Crippen molar-refractivity contribution in [3.05, 3.63) is 65.6 Å². The second kappa shape index (κ2) is 8.15. The van der Waals surface area contributed by atoms with Crippen molar-refractivity contribution < 1.29 is 18.7 Å². The van der Waals surface area contributed by atoms with Gasteiger partial charge < -0.3 is 14.5 Å². The van der Waals surface area contributed by atoms with Gasteiger partial charge in [0.25, 0.3) is 0 Å². The van der Waals surface area contributed by atoms with Crippen molar-refractivity contribution in [2.75, 3.05) is 7.11 Å². The van der Waals surface area contributed by atoms with Gasteiger partial charge in [-0.25, -0.2) is 14.4 Å². The highest BCUT2D eigenvalue weighted by Crippen LogP contribution is 2.43. The van der Waals surface area contributed by atoms with Gasteiger partial charge in [0.2, 0.25) is 5.88 Å². The molecule has 168 valence electrons. The summed E-state index contributed by atoms with van der Waals surface area (Å²) < 4.78 is 25.6. The Morgan fingerprint density at radius 1 is 1.15 bits per heavy atom. The van der Waals surface area contributed by atoms with Crippen molar-refractivity contribution >= 4 is 28.6 Å². The molecule has 0 radical (unpaired) electrons. The van der Waals surface area contributed by atoms with E-state index in [-0.39, 0.29) is 12.1 Å². The fraction of sp³-hybridized carbons (Fsp3) is 0.240. The van der Waals surface area contributed by atoms with Gasteiger partial charge in [-0.2, -0.15) is 0 Å². The van der Waals surface area contributed by atoms with Crippen LogP contribution in [0.5, 0.6) is 5.88 Å². The number of pyridine rings is 1. The van der Waals surface area contributed by atoms with Gasteiger partial charge in [0.05, 0.1) is 29.1 Å². The van der Waals surface area contributed by atoms with Crippen molar-refractivity contribution in [3.8, 4) is 28.4 Å². The Labute approximate surface area is 194 Å². The molecule has 33 heavy (non-hydrogen) atoms. The van der Waals surface area contributed by atoms with Crippen molar-refractivity contribution in [3.63, 3.8) is 0 Å². The Kier molecular flexibility index (Phi) is 5.29. The maximum absolute atomic E-state index is 14.9. The zero-order valence-electron chi connectivity index (χ0n) is 18.1. The lowest BCUT2D eigenvalue weighted by Gasteiger charge is -2.41. The van der Waals surface area contributed by atoms with E-state index in [2.05, 4.69) is 15.0 Å². The molecule has 0 bridgehead atoms. The molecule has 0 spiro atoms. The SMILES string of the molecule is COC(=O)[C@]1(C)C[C@H](Oc2ccc(-c3ccc(-c4nc5cc(Cl)ccc5[nH]4)c(F)c3)cn2)C1. The molecule has 0 atom stereocenters. The number of aromatic nitrogens is 3. The number of hydrogen-bond donors (Lipinski definition) is 1. The van der Waals surface area contributed by atoms with Gasteiger partial charge in [0, 0.05) is 35.7 Å². The molecule has 1 aliphatic carbocycles. The Bertz CT molecular complexity index is 1350. The topological polar surface area (TPSA) is 77.1 Å². The minimum atomic E-state index is -0.495. The van der Waals surface area contributed by atoms with Gasteiger partial charge in [-0.05, 0) is 48.9 Å². The highest BCUT2D eigenvalue weighted by atomic mass is 35.5. The molecule has 1 aliphatic rings. The second-order valence-corrected chi connectivity index (χ2v) is 8.96. The third-order valence-electron chi connectivity index (χ3n) is 6.06. The van der Waals surface area contributed by atoms with E-state index in [0.29, 0.717) is 46.2 Å². The van der Waals surface area contributed by atoms with Crippen LogP contribution in [0.4, 0.5) is 4.39 Å². The Morgan fingerprint density at radius 2 is 1.94 bits per heavy atom. The van der Waals surface area contributed by atoms with Crippen molar-refractivity contribution in [1.82, 2.24) is 15.0 Å². The van der Waals surface area contributed by atoms with Gasteiger partial charge in [-0.15, -0.1) is 0 Å². The lowest BCUT2D eigenvalue weighted by atomic mass is 9.68. The van der Waals surface area contributed by atoms with E-state index in [0.717, 1.165) is 11.1 Å². The number of hydrogen-bond acceptors (Lipinski definition) is 5. The van der Waals surface area contributed by atoms with Crippen LogP contribution < -0.4 is 4.74 Å². The summed E-state index contributed by atoms with van der Waals surface area (Å²) in [6, 6.07) is 13.9.